The van der Waals surface area contributed by atoms with E-state index in [1.165, 1.54) is 19.4 Å². The van der Waals surface area contributed by atoms with Crippen molar-refractivity contribution in [3.05, 3.63) is 58.5 Å². The van der Waals surface area contributed by atoms with E-state index in [1.807, 2.05) is 73.7 Å². The van der Waals surface area contributed by atoms with Crippen molar-refractivity contribution in [1.82, 2.24) is 9.97 Å². The van der Waals surface area contributed by atoms with Gasteiger partial charge in [-0.1, -0.05) is 72.0 Å². The molecule has 4 rings (SSSR count). The number of aromatic nitrogens is 2. The second-order valence-electron chi connectivity index (χ2n) is 10.4. The van der Waals surface area contributed by atoms with Gasteiger partial charge in [0.25, 0.3) is 0 Å². The number of hydrogen-bond donors (Lipinski definition) is 0. The first-order valence-electron chi connectivity index (χ1n) is 14.1. The van der Waals surface area contributed by atoms with Crippen molar-refractivity contribution in [1.29, 1.82) is 0 Å². The Hall–Kier alpha value is 0.324. The van der Waals surface area contributed by atoms with Gasteiger partial charge in [0.1, 0.15) is 10.0 Å². The van der Waals surface area contributed by atoms with Crippen molar-refractivity contribution in [2.75, 3.05) is 24.7 Å². The summed E-state index contributed by atoms with van der Waals surface area (Å²) in [5.74, 6) is 2.69. The molecule has 2 heterocycles. The molecule has 0 aliphatic carbocycles. The molecule has 4 nitrogen and oxygen atoms in total. The molecule has 0 bridgehead atoms. The minimum Gasteiger partial charge on any atom is -0.382 e. The fraction of sp³-hybridized carbons (Fsp3) is 0.500. The smallest absolute Gasteiger partial charge is 0.100 e. The Balaban J connectivity index is 1.34. The first kappa shape index (κ1) is 34.2. The maximum absolute atomic E-state index is 6.34. The average Bonchev–Trinajstić information content (AvgIpc) is 3.59. The zero-order chi connectivity index (χ0) is 29.2. The first-order chi connectivity index (χ1) is 19.9. The van der Waals surface area contributed by atoms with E-state index in [1.54, 1.807) is 0 Å². The fourth-order valence-corrected chi connectivity index (χ4v) is 20.8. The highest BCUT2D eigenvalue weighted by Gasteiger charge is 2.31. The van der Waals surface area contributed by atoms with Gasteiger partial charge in [-0.25, -0.2) is 9.97 Å². The van der Waals surface area contributed by atoms with Gasteiger partial charge in [-0.3, -0.25) is 0 Å². The lowest BCUT2D eigenvalue weighted by atomic mass is 10.2. The Kier molecular flexibility index (Phi) is 14.8. The topological polar surface area (TPSA) is 44.2 Å². The predicted molar refractivity (Wildman–Crippen MR) is 201 cm³/mol. The van der Waals surface area contributed by atoms with E-state index in [2.05, 4.69) is 88.6 Å². The summed E-state index contributed by atoms with van der Waals surface area (Å²) in [6, 6.07) is 17.0. The van der Waals surface area contributed by atoms with Crippen LogP contribution in [0.2, 0.25) is 26.2 Å². The number of ether oxygens (including phenoxy) is 2. The maximum Gasteiger partial charge on any atom is 0.100 e. The van der Waals surface area contributed by atoms with Crippen LogP contribution in [0.25, 0.3) is 20.4 Å². The van der Waals surface area contributed by atoms with Crippen molar-refractivity contribution in [2.45, 2.75) is 63.3 Å². The zero-order valence-electron chi connectivity index (χ0n) is 24.5. The number of rotatable bonds is 18. The SMILES string of the molecule is CCOC(C(CSSSSSCC(c1nc2ccccc2s1)C(OCC)[SiH](C)C)c1nc2ccccc2s1)[SiH](C)C. The maximum atomic E-state index is 6.34. The number of thiazole rings is 2. The van der Waals surface area contributed by atoms with E-state index in [0.717, 1.165) is 35.8 Å². The summed E-state index contributed by atoms with van der Waals surface area (Å²) < 4.78 is 15.2. The molecule has 2 aromatic heterocycles. The number of hydrogen-bond acceptors (Lipinski definition) is 11. The number of nitrogens with zero attached hydrogens (tertiary/aromatic N) is 2. The summed E-state index contributed by atoms with van der Waals surface area (Å²) >= 11 is 3.68. The Morgan fingerprint density at radius 1 is 0.659 bits per heavy atom. The van der Waals surface area contributed by atoms with Gasteiger partial charge in [-0.15, -0.1) is 22.7 Å². The molecule has 0 aliphatic heterocycles. The summed E-state index contributed by atoms with van der Waals surface area (Å²) in [4.78, 5) is 10.1. The van der Waals surface area contributed by atoms with Gasteiger partial charge in [0.05, 0.1) is 49.5 Å². The van der Waals surface area contributed by atoms with E-state index in [9.17, 15) is 0 Å². The summed E-state index contributed by atoms with van der Waals surface area (Å²) in [5, 5.41) is 2.45. The van der Waals surface area contributed by atoms with Crippen molar-refractivity contribution in [2.24, 2.45) is 0 Å². The van der Waals surface area contributed by atoms with Crippen LogP contribution in [0.5, 0.6) is 0 Å². The zero-order valence-corrected chi connectivity index (χ0v) is 32.5. The Morgan fingerprint density at radius 3 is 1.44 bits per heavy atom. The van der Waals surface area contributed by atoms with Crippen LogP contribution in [0.15, 0.2) is 48.5 Å². The van der Waals surface area contributed by atoms with Crippen LogP contribution < -0.4 is 0 Å². The van der Waals surface area contributed by atoms with Gasteiger partial charge in [-0.2, -0.15) is 0 Å². The molecule has 0 fully saturated rings. The van der Waals surface area contributed by atoms with Crippen molar-refractivity contribution >= 4 is 112 Å². The molecular weight excluding hydrogens is 677 g/mol. The Bertz CT molecular complexity index is 1170. The molecule has 0 aliphatic rings. The van der Waals surface area contributed by atoms with Gasteiger partial charge >= 0.3 is 0 Å². The fourth-order valence-electron chi connectivity index (χ4n) is 4.89. The molecule has 0 saturated carbocycles. The highest BCUT2D eigenvalue weighted by atomic mass is 33.8. The van der Waals surface area contributed by atoms with Crippen LogP contribution in [0.3, 0.4) is 0 Å². The normalized spacial score (nSPS) is 15.2. The largest absolute Gasteiger partial charge is 0.382 e. The summed E-state index contributed by atoms with van der Waals surface area (Å²) in [5.41, 5.74) is 2.81. The van der Waals surface area contributed by atoms with E-state index in [0.29, 0.717) is 23.3 Å². The van der Waals surface area contributed by atoms with Crippen LogP contribution in [-0.2, 0) is 9.47 Å². The Labute approximate surface area is 275 Å². The second kappa shape index (κ2) is 17.7. The van der Waals surface area contributed by atoms with Crippen LogP contribution in [0.1, 0.15) is 35.7 Å². The monoisotopic (exact) mass is 716 g/mol. The molecule has 2 aromatic carbocycles. The molecule has 0 saturated heterocycles. The third kappa shape index (κ3) is 9.65. The van der Waals surface area contributed by atoms with Crippen molar-refractivity contribution in [3.8, 4) is 0 Å². The molecule has 224 valence electrons. The third-order valence-corrected chi connectivity index (χ3v) is 21.8. The van der Waals surface area contributed by atoms with Crippen LogP contribution in [0, 0.1) is 0 Å². The quantitative estimate of drug-likeness (QED) is 0.0569. The highest BCUT2D eigenvalue weighted by molar-refractivity contribution is 9.35. The standard InChI is InChI=1S/C28H40N2O2S7Si2/c1-7-31-27(40(3)4)19(25-29-21-13-9-11-15-23(21)35-25)17-33-37-39-38-34-18-20(28(32-8-2)41(5)6)26-30-22-14-10-12-16-24(22)36-26/h9-16,19-20,27-28,40-41H,7-8,17-18H2,1-6H3. The molecule has 13 heteroatoms. The Morgan fingerprint density at radius 2 is 1.07 bits per heavy atom. The molecular formula is C28H40N2O2S7Si2. The minimum absolute atomic E-state index is 0.297. The van der Waals surface area contributed by atoms with Crippen molar-refractivity contribution in [3.63, 3.8) is 0 Å². The molecule has 0 spiro atoms. The molecule has 0 amide bonds. The van der Waals surface area contributed by atoms with Gasteiger partial charge in [0.15, 0.2) is 0 Å². The van der Waals surface area contributed by atoms with Gasteiger partial charge in [-0.05, 0) is 67.6 Å². The molecule has 4 aromatic rings. The first-order valence-corrected chi connectivity index (χ1v) is 28.2. The minimum atomic E-state index is -1.03. The molecule has 4 atom stereocenters. The summed E-state index contributed by atoms with van der Waals surface area (Å²) in [7, 11) is 7.46. The van der Waals surface area contributed by atoms with Crippen LogP contribution in [-0.4, -0.2) is 63.7 Å². The summed E-state index contributed by atoms with van der Waals surface area (Å²) in [6.07, 6.45) is 0. The van der Waals surface area contributed by atoms with Gasteiger partial charge in [0, 0.05) is 36.6 Å². The van der Waals surface area contributed by atoms with Gasteiger partial charge in [0.2, 0.25) is 0 Å². The lowest BCUT2D eigenvalue weighted by molar-refractivity contribution is 0.0998. The molecule has 0 N–H and O–H groups in total. The predicted octanol–water partition coefficient (Wildman–Crippen LogP) is 9.96. The highest BCUT2D eigenvalue weighted by Crippen LogP contribution is 2.51. The van der Waals surface area contributed by atoms with Crippen molar-refractivity contribution < 1.29 is 9.47 Å². The third-order valence-electron chi connectivity index (χ3n) is 6.73. The van der Waals surface area contributed by atoms with Gasteiger partial charge < -0.3 is 9.47 Å². The van der Waals surface area contributed by atoms with E-state index < -0.39 is 17.6 Å². The van der Waals surface area contributed by atoms with Crippen LogP contribution in [0.4, 0.5) is 0 Å². The number of benzene rings is 2. The summed E-state index contributed by atoms with van der Waals surface area (Å²) in [6.45, 7) is 15.3. The van der Waals surface area contributed by atoms with E-state index >= 15 is 0 Å². The average molecular weight is 717 g/mol. The van der Waals surface area contributed by atoms with E-state index in [4.69, 9.17) is 19.4 Å². The second-order valence-corrected chi connectivity index (χ2v) is 26.6. The van der Waals surface area contributed by atoms with E-state index in [-0.39, 0.29) is 0 Å². The molecule has 0 radical (unpaired) electrons. The lowest BCUT2D eigenvalue weighted by Gasteiger charge is -2.28. The molecule has 4 unspecified atom stereocenters. The number of para-hydroxylation sites is 2. The molecule has 41 heavy (non-hydrogen) atoms. The van der Waals surface area contributed by atoms with Crippen LogP contribution >= 0.6 is 73.7 Å². The number of fused-ring (bicyclic) bond motifs is 2. The lowest BCUT2D eigenvalue weighted by Crippen LogP contribution is -2.35.